The zero-order chi connectivity index (χ0) is 18.9. The first-order valence-corrected chi connectivity index (χ1v) is 9.57. The van der Waals surface area contributed by atoms with Gasteiger partial charge in [0.15, 0.2) is 0 Å². The van der Waals surface area contributed by atoms with Crippen molar-refractivity contribution in [2.24, 2.45) is 11.3 Å². The van der Waals surface area contributed by atoms with Gasteiger partial charge in [-0.1, -0.05) is 20.8 Å². The Kier molecular flexibility index (Phi) is 5.14. The summed E-state index contributed by atoms with van der Waals surface area (Å²) in [7, 11) is 1.37. The molecule has 0 saturated heterocycles. The van der Waals surface area contributed by atoms with E-state index in [-0.39, 0.29) is 11.3 Å². The lowest BCUT2D eigenvalue weighted by atomic mass is 9.72. The Hall–Kier alpha value is -2.21. The zero-order valence-electron chi connectivity index (χ0n) is 15.6. The van der Waals surface area contributed by atoms with Crippen molar-refractivity contribution in [3.05, 3.63) is 46.1 Å². The Morgan fingerprint density at radius 2 is 2.12 bits per heavy atom. The normalized spacial score (nSPS) is 16.7. The minimum absolute atomic E-state index is 0.215. The average molecular weight is 372 g/mol. The van der Waals surface area contributed by atoms with Gasteiger partial charge >= 0.3 is 5.97 Å². The number of anilines is 1. The third-order valence-electron chi connectivity index (χ3n) is 5.03. The van der Waals surface area contributed by atoms with E-state index in [1.165, 1.54) is 29.5 Å². The maximum absolute atomic E-state index is 12.5. The number of pyridine rings is 1. The van der Waals surface area contributed by atoms with Gasteiger partial charge in [0.25, 0.3) is 5.91 Å². The summed E-state index contributed by atoms with van der Waals surface area (Å²) in [6, 6.07) is 3.41. The van der Waals surface area contributed by atoms with Crippen LogP contribution in [0.4, 0.5) is 5.00 Å². The number of fused-ring (bicyclic) bond motifs is 1. The van der Waals surface area contributed by atoms with Crippen molar-refractivity contribution in [2.45, 2.75) is 40.0 Å². The van der Waals surface area contributed by atoms with Crippen LogP contribution in [0.3, 0.4) is 0 Å². The number of aromatic nitrogens is 1. The van der Waals surface area contributed by atoms with E-state index in [0.717, 1.165) is 24.8 Å². The molecule has 5 nitrogen and oxygen atoms in total. The molecule has 1 aliphatic carbocycles. The number of rotatable bonds is 3. The molecule has 3 rings (SSSR count). The average Bonchev–Trinajstić information content (AvgIpc) is 2.98. The van der Waals surface area contributed by atoms with Gasteiger partial charge in [0, 0.05) is 17.3 Å². The fourth-order valence-electron chi connectivity index (χ4n) is 3.40. The van der Waals surface area contributed by atoms with Gasteiger partial charge < -0.3 is 10.1 Å². The molecule has 1 amide bonds. The highest BCUT2D eigenvalue weighted by Gasteiger charge is 2.34. The second kappa shape index (κ2) is 7.19. The number of carbonyl (C=O) groups excluding carboxylic acids is 2. The summed E-state index contributed by atoms with van der Waals surface area (Å²) in [5.74, 6) is -0.103. The van der Waals surface area contributed by atoms with Gasteiger partial charge in [0.1, 0.15) is 5.00 Å². The lowest BCUT2D eigenvalue weighted by molar-refractivity contribution is 0.0600. The Morgan fingerprint density at radius 3 is 2.73 bits per heavy atom. The summed E-state index contributed by atoms with van der Waals surface area (Å²) < 4.78 is 4.99. The quantitative estimate of drug-likeness (QED) is 0.814. The number of ether oxygens (including phenoxy) is 1. The van der Waals surface area contributed by atoms with Crippen LogP contribution in [0, 0.1) is 11.3 Å². The summed E-state index contributed by atoms with van der Waals surface area (Å²) >= 11 is 1.50. The lowest BCUT2D eigenvalue weighted by Gasteiger charge is -2.33. The molecule has 2 heterocycles. The van der Waals surface area contributed by atoms with Crippen LogP contribution >= 0.6 is 11.3 Å². The minimum atomic E-state index is -0.391. The van der Waals surface area contributed by atoms with E-state index < -0.39 is 5.97 Å². The third-order valence-corrected chi connectivity index (χ3v) is 6.20. The van der Waals surface area contributed by atoms with Gasteiger partial charge in [0.05, 0.1) is 18.2 Å². The molecule has 1 N–H and O–H groups in total. The van der Waals surface area contributed by atoms with E-state index >= 15 is 0 Å². The van der Waals surface area contributed by atoms with E-state index in [2.05, 4.69) is 31.1 Å². The Bertz CT molecular complexity index is 822. The Balaban J connectivity index is 1.94. The maximum atomic E-state index is 12.5. The Labute approximate surface area is 157 Å². The topological polar surface area (TPSA) is 68.3 Å². The van der Waals surface area contributed by atoms with Crippen molar-refractivity contribution in [1.29, 1.82) is 0 Å². The van der Waals surface area contributed by atoms with Gasteiger partial charge in [-0.25, -0.2) is 4.79 Å². The number of nitrogens with zero attached hydrogens (tertiary/aromatic N) is 1. The number of hydrogen-bond acceptors (Lipinski definition) is 5. The molecule has 0 aromatic carbocycles. The predicted molar refractivity (Wildman–Crippen MR) is 103 cm³/mol. The van der Waals surface area contributed by atoms with Gasteiger partial charge in [-0.15, -0.1) is 11.3 Å². The fraction of sp³-hybridized carbons (Fsp3) is 0.450. The van der Waals surface area contributed by atoms with Crippen LogP contribution in [-0.4, -0.2) is 24.0 Å². The van der Waals surface area contributed by atoms with Crippen molar-refractivity contribution < 1.29 is 14.3 Å². The third kappa shape index (κ3) is 3.65. The minimum Gasteiger partial charge on any atom is -0.465 e. The van der Waals surface area contributed by atoms with Crippen molar-refractivity contribution in [2.75, 3.05) is 12.4 Å². The second-order valence-electron chi connectivity index (χ2n) is 7.70. The highest BCUT2D eigenvalue weighted by Crippen LogP contribution is 2.44. The SMILES string of the molecule is COC(=O)c1c(NC(=O)c2cccnc2)sc2c1CCC(C(C)(C)C)C2. The van der Waals surface area contributed by atoms with Gasteiger partial charge in [0.2, 0.25) is 0 Å². The smallest absolute Gasteiger partial charge is 0.341 e. The molecule has 2 aromatic rings. The number of carbonyl (C=O) groups is 2. The van der Waals surface area contributed by atoms with E-state index in [0.29, 0.717) is 22.0 Å². The van der Waals surface area contributed by atoms with Crippen molar-refractivity contribution in [3.8, 4) is 0 Å². The van der Waals surface area contributed by atoms with E-state index in [1.807, 2.05) is 0 Å². The Morgan fingerprint density at radius 1 is 1.35 bits per heavy atom. The second-order valence-corrected chi connectivity index (χ2v) is 8.81. The molecule has 6 heteroatoms. The maximum Gasteiger partial charge on any atom is 0.341 e. The molecule has 1 atom stereocenters. The summed E-state index contributed by atoms with van der Waals surface area (Å²) in [5, 5.41) is 3.47. The van der Waals surface area contributed by atoms with Crippen LogP contribution in [0.2, 0.25) is 0 Å². The van der Waals surface area contributed by atoms with Crippen molar-refractivity contribution in [1.82, 2.24) is 4.98 Å². The van der Waals surface area contributed by atoms with Gasteiger partial charge in [-0.2, -0.15) is 0 Å². The molecule has 0 bridgehead atoms. The largest absolute Gasteiger partial charge is 0.465 e. The molecular weight excluding hydrogens is 348 g/mol. The van der Waals surface area contributed by atoms with Crippen LogP contribution in [0.5, 0.6) is 0 Å². The summed E-state index contributed by atoms with van der Waals surface area (Å²) in [6.45, 7) is 6.76. The molecule has 0 spiro atoms. The highest BCUT2D eigenvalue weighted by molar-refractivity contribution is 7.17. The molecule has 0 radical (unpaired) electrons. The van der Waals surface area contributed by atoms with E-state index in [9.17, 15) is 9.59 Å². The number of hydrogen-bond donors (Lipinski definition) is 1. The molecule has 0 aliphatic heterocycles. The monoisotopic (exact) mass is 372 g/mol. The van der Waals surface area contributed by atoms with E-state index in [1.54, 1.807) is 18.3 Å². The van der Waals surface area contributed by atoms with Crippen LogP contribution in [-0.2, 0) is 17.6 Å². The highest BCUT2D eigenvalue weighted by atomic mass is 32.1. The first kappa shape index (κ1) is 18.6. The molecular formula is C20H24N2O3S. The number of methoxy groups -OCH3 is 1. The first-order chi connectivity index (χ1) is 12.3. The molecule has 1 unspecified atom stereocenters. The molecule has 0 fully saturated rings. The molecule has 138 valence electrons. The molecule has 26 heavy (non-hydrogen) atoms. The number of amides is 1. The van der Waals surface area contributed by atoms with Crippen LogP contribution in [0.15, 0.2) is 24.5 Å². The standard InChI is InChI=1S/C20H24N2O3S/c1-20(2,3)13-7-8-14-15(10-13)26-18(16(14)19(24)25-4)22-17(23)12-6-5-9-21-11-12/h5-6,9,11,13H,7-8,10H2,1-4H3,(H,22,23). The van der Waals surface area contributed by atoms with Crippen LogP contribution in [0.1, 0.15) is 58.3 Å². The number of nitrogens with one attached hydrogen (secondary N) is 1. The van der Waals surface area contributed by atoms with Crippen LogP contribution in [0.25, 0.3) is 0 Å². The molecule has 1 aliphatic rings. The lowest BCUT2D eigenvalue weighted by Crippen LogP contribution is -2.26. The zero-order valence-corrected chi connectivity index (χ0v) is 16.4. The fourth-order valence-corrected chi connectivity index (χ4v) is 4.71. The summed E-state index contributed by atoms with van der Waals surface area (Å²) in [5.41, 5.74) is 2.22. The summed E-state index contributed by atoms with van der Waals surface area (Å²) in [4.78, 5) is 30.1. The molecule has 2 aromatic heterocycles. The summed E-state index contributed by atoms with van der Waals surface area (Å²) in [6.07, 6.45) is 5.92. The van der Waals surface area contributed by atoms with Crippen LogP contribution < -0.4 is 5.32 Å². The van der Waals surface area contributed by atoms with E-state index in [4.69, 9.17) is 4.74 Å². The van der Waals surface area contributed by atoms with Crippen molar-refractivity contribution >= 4 is 28.2 Å². The number of esters is 1. The van der Waals surface area contributed by atoms with Gasteiger partial charge in [-0.05, 0) is 48.3 Å². The van der Waals surface area contributed by atoms with Crippen molar-refractivity contribution in [3.63, 3.8) is 0 Å². The number of thiophene rings is 1. The predicted octanol–water partition coefficient (Wildman–Crippen LogP) is 4.33. The molecule has 0 saturated carbocycles. The van der Waals surface area contributed by atoms with Gasteiger partial charge in [-0.3, -0.25) is 9.78 Å². The first-order valence-electron chi connectivity index (χ1n) is 8.75.